The van der Waals surface area contributed by atoms with Gasteiger partial charge in [-0.2, -0.15) is 0 Å². The van der Waals surface area contributed by atoms with Crippen molar-refractivity contribution < 1.29 is 32.4 Å². The lowest BCUT2D eigenvalue weighted by molar-refractivity contribution is -0.436. The number of benzene rings is 2. The predicted molar refractivity (Wildman–Crippen MR) is 86.4 cm³/mol. The second kappa shape index (κ2) is 6.98. The van der Waals surface area contributed by atoms with Crippen LogP contribution < -0.4 is 10.1 Å². The second-order valence-electron chi connectivity index (χ2n) is 5.42. The van der Waals surface area contributed by atoms with E-state index >= 15 is 0 Å². The van der Waals surface area contributed by atoms with Crippen LogP contribution in [0.2, 0.25) is 0 Å². The van der Waals surface area contributed by atoms with Crippen molar-refractivity contribution in [2.24, 2.45) is 0 Å². The van der Waals surface area contributed by atoms with Gasteiger partial charge in [-0.05, 0) is 30.3 Å². The third-order valence-corrected chi connectivity index (χ3v) is 3.64. The van der Waals surface area contributed by atoms with Gasteiger partial charge in [0.25, 0.3) is 0 Å². The van der Waals surface area contributed by atoms with Crippen molar-refractivity contribution in [3.63, 3.8) is 0 Å². The average molecular weight is 380 g/mol. The Balaban J connectivity index is 1.80. The first-order chi connectivity index (χ1) is 12.7. The summed E-state index contributed by atoms with van der Waals surface area (Å²) in [4.78, 5) is 22.5. The summed E-state index contributed by atoms with van der Waals surface area (Å²) in [6.07, 6.45) is -4.98. The molecule has 7 nitrogen and oxygen atoms in total. The summed E-state index contributed by atoms with van der Waals surface area (Å²) in [5.74, 6) is -1.10. The Morgan fingerprint density at radius 3 is 2.48 bits per heavy atom. The Labute approximate surface area is 150 Å². The minimum atomic E-state index is -4.81. The lowest BCUT2D eigenvalue weighted by Gasteiger charge is -2.10. The number of hydrogen-bond donors (Lipinski definition) is 1. The number of anilines is 1. The number of carbonyl (C=O) groups is 1. The fourth-order valence-electron chi connectivity index (χ4n) is 2.50. The third-order valence-electron chi connectivity index (χ3n) is 3.64. The number of nitrogens with one attached hydrogen (secondary N) is 1. The van der Waals surface area contributed by atoms with Crippen LogP contribution in [0.25, 0.3) is 0 Å². The van der Waals surface area contributed by atoms with Crippen LogP contribution in [-0.2, 0) is 4.74 Å². The molecule has 0 radical (unpaired) electrons. The Morgan fingerprint density at radius 1 is 1.19 bits per heavy atom. The molecule has 2 aromatic rings. The summed E-state index contributed by atoms with van der Waals surface area (Å²) in [6, 6.07) is 10.9. The molecule has 1 atom stereocenters. The number of rotatable bonds is 5. The van der Waals surface area contributed by atoms with E-state index in [-0.39, 0.29) is 11.3 Å². The van der Waals surface area contributed by atoms with E-state index in [9.17, 15) is 28.1 Å². The van der Waals surface area contributed by atoms with Crippen molar-refractivity contribution in [2.45, 2.75) is 12.5 Å². The molecule has 0 aliphatic carbocycles. The lowest BCUT2D eigenvalue weighted by atomic mass is 10.0. The molecule has 0 aromatic heterocycles. The predicted octanol–water partition coefficient (Wildman–Crippen LogP) is 4.03. The fraction of sp³-hybridized carbons (Fsp3) is 0.118. The number of carbonyl (C=O) groups excluding carboxylic acids is 1. The molecule has 0 spiro atoms. The van der Waals surface area contributed by atoms with Gasteiger partial charge in [0, 0.05) is 11.3 Å². The molecule has 3 rings (SSSR count). The molecule has 1 aliphatic heterocycles. The van der Waals surface area contributed by atoms with Gasteiger partial charge in [-0.3, -0.25) is 10.1 Å². The normalized spacial score (nSPS) is 16.5. The van der Waals surface area contributed by atoms with Crippen LogP contribution in [0.4, 0.5) is 18.9 Å². The number of alkyl halides is 3. The first kappa shape index (κ1) is 18.2. The van der Waals surface area contributed by atoms with Gasteiger partial charge < -0.3 is 14.8 Å². The maximum absolute atomic E-state index is 12.1. The second-order valence-corrected chi connectivity index (χ2v) is 5.42. The van der Waals surface area contributed by atoms with Crippen LogP contribution in [0.1, 0.15) is 22.0 Å². The Morgan fingerprint density at radius 2 is 1.85 bits per heavy atom. The monoisotopic (exact) mass is 380 g/mol. The summed E-state index contributed by atoms with van der Waals surface area (Å²) in [5, 5.41) is 14.0. The lowest BCUT2D eigenvalue weighted by Crippen LogP contribution is -2.17. The molecule has 1 heterocycles. The molecule has 0 saturated heterocycles. The van der Waals surface area contributed by atoms with Gasteiger partial charge in [-0.15, -0.1) is 13.2 Å². The van der Waals surface area contributed by atoms with Gasteiger partial charge in [0.05, 0.1) is 16.7 Å². The third kappa shape index (κ3) is 4.17. The van der Waals surface area contributed by atoms with Gasteiger partial charge in [-0.1, -0.05) is 18.2 Å². The summed E-state index contributed by atoms with van der Waals surface area (Å²) in [7, 11) is 0. The largest absolute Gasteiger partial charge is 0.573 e. The van der Waals surface area contributed by atoms with Crippen LogP contribution in [0.3, 0.4) is 0 Å². The van der Waals surface area contributed by atoms with Gasteiger partial charge in [0.1, 0.15) is 5.75 Å². The van der Waals surface area contributed by atoms with Crippen LogP contribution in [-0.4, -0.2) is 17.3 Å². The number of halogens is 3. The van der Waals surface area contributed by atoms with Crippen molar-refractivity contribution >= 4 is 11.7 Å². The number of nitrogens with zero attached hydrogens (tertiary/aromatic N) is 1. The van der Waals surface area contributed by atoms with Crippen LogP contribution >= 0.6 is 0 Å². The molecule has 1 unspecified atom stereocenters. The van der Waals surface area contributed by atoms with Crippen LogP contribution in [0.15, 0.2) is 60.4 Å². The highest BCUT2D eigenvalue weighted by Gasteiger charge is 2.39. The molecule has 0 amide bonds. The number of ether oxygens (including phenoxy) is 2. The zero-order valence-electron chi connectivity index (χ0n) is 13.4. The SMILES string of the molecule is O=C1OC(/C(=C\Nc2ccc(OC(F)(F)F)cc2)[N+](=O)[O-])c2ccccc21. The maximum Gasteiger partial charge on any atom is 0.573 e. The summed E-state index contributed by atoms with van der Waals surface area (Å²) < 4.78 is 45.3. The highest BCUT2D eigenvalue weighted by Crippen LogP contribution is 2.36. The zero-order chi connectivity index (χ0) is 19.6. The van der Waals surface area contributed by atoms with Crippen molar-refractivity contribution in [2.75, 3.05) is 5.32 Å². The smallest absolute Gasteiger partial charge is 0.442 e. The molecular formula is C17H11F3N2O5. The number of nitro groups is 1. The molecule has 0 fully saturated rings. The molecule has 1 N–H and O–H groups in total. The number of hydrogen-bond acceptors (Lipinski definition) is 6. The van der Waals surface area contributed by atoms with E-state index in [4.69, 9.17) is 4.74 Å². The fourth-order valence-corrected chi connectivity index (χ4v) is 2.50. The molecule has 1 aliphatic rings. The topological polar surface area (TPSA) is 90.7 Å². The highest BCUT2D eigenvalue weighted by molar-refractivity contribution is 5.94. The van der Waals surface area contributed by atoms with Crippen molar-refractivity contribution in [3.8, 4) is 5.75 Å². The van der Waals surface area contributed by atoms with Crippen LogP contribution in [0.5, 0.6) is 5.75 Å². The van der Waals surface area contributed by atoms with E-state index in [2.05, 4.69) is 10.1 Å². The van der Waals surface area contributed by atoms with Gasteiger partial charge in [0.15, 0.2) is 0 Å². The average Bonchev–Trinajstić information content (AvgIpc) is 2.92. The number of fused-ring (bicyclic) bond motifs is 1. The van der Waals surface area contributed by atoms with E-state index in [1.54, 1.807) is 18.2 Å². The minimum Gasteiger partial charge on any atom is -0.442 e. The van der Waals surface area contributed by atoms with Crippen LogP contribution in [0, 0.1) is 10.1 Å². The standard InChI is InChI=1S/C17H11F3N2O5/c18-17(19,20)27-11-7-5-10(6-8-11)21-9-14(22(24)25)15-12-3-1-2-4-13(12)16(23)26-15/h1-9,15,21H/b14-9+. The first-order valence-corrected chi connectivity index (χ1v) is 7.51. The first-order valence-electron chi connectivity index (χ1n) is 7.51. The van der Waals surface area contributed by atoms with Gasteiger partial charge >= 0.3 is 18.0 Å². The van der Waals surface area contributed by atoms with E-state index in [1.807, 2.05) is 0 Å². The van der Waals surface area contributed by atoms with Crippen molar-refractivity contribution in [3.05, 3.63) is 81.7 Å². The van der Waals surface area contributed by atoms with Crippen molar-refractivity contribution in [1.82, 2.24) is 0 Å². The van der Waals surface area contributed by atoms with E-state index in [0.717, 1.165) is 18.3 Å². The van der Waals surface area contributed by atoms with Gasteiger partial charge in [0.2, 0.25) is 6.10 Å². The number of esters is 1. The van der Waals surface area contributed by atoms with E-state index in [0.29, 0.717) is 5.56 Å². The quantitative estimate of drug-likeness (QED) is 0.479. The molecule has 0 bridgehead atoms. The molecule has 10 heteroatoms. The summed E-state index contributed by atoms with van der Waals surface area (Å²) in [5.41, 5.74) is 0.454. The summed E-state index contributed by atoms with van der Waals surface area (Å²) >= 11 is 0. The minimum absolute atomic E-state index is 0.240. The van der Waals surface area contributed by atoms with E-state index < -0.39 is 34.8 Å². The molecule has 2 aromatic carbocycles. The Kier molecular flexibility index (Phi) is 4.72. The van der Waals surface area contributed by atoms with E-state index in [1.165, 1.54) is 18.2 Å². The summed E-state index contributed by atoms with van der Waals surface area (Å²) in [6.45, 7) is 0. The molecule has 27 heavy (non-hydrogen) atoms. The Hall–Kier alpha value is -3.56. The molecular weight excluding hydrogens is 369 g/mol. The zero-order valence-corrected chi connectivity index (χ0v) is 13.4. The van der Waals surface area contributed by atoms with Gasteiger partial charge in [-0.25, -0.2) is 4.79 Å². The molecule has 0 saturated carbocycles. The maximum atomic E-state index is 12.1. The number of cyclic esters (lactones) is 1. The Bertz CT molecular complexity index is 910. The molecule has 140 valence electrons. The highest BCUT2D eigenvalue weighted by atomic mass is 19.4. The van der Waals surface area contributed by atoms with Crippen molar-refractivity contribution in [1.29, 1.82) is 0 Å².